The number of amides is 1. The number of carbonyl (C=O) groups is 1. The quantitative estimate of drug-likeness (QED) is 0.718. The zero-order valence-electron chi connectivity index (χ0n) is 16.7. The molecule has 2 aliphatic heterocycles. The van der Waals surface area contributed by atoms with Crippen molar-refractivity contribution in [3.8, 4) is 0 Å². The van der Waals surface area contributed by atoms with Crippen LogP contribution in [0.25, 0.3) is 5.65 Å². The van der Waals surface area contributed by atoms with Crippen LogP contribution in [0.4, 0.5) is 5.82 Å². The fourth-order valence-corrected chi connectivity index (χ4v) is 3.83. The average molecular weight is 387 g/mol. The predicted molar refractivity (Wildman–Crippen MR) is 107 cm³/mol. The Balaban J connectivity index is 1.26. The van der Waals surface area contributed by atoms with Crippen molar-refractivity contribution in [1.29, 1.82) is 0 Å². The second-order valence-electron chi connectivity index (χ2n) is 7.77. The van der Waals surface area contributed by atoms with E-state index in [0.717, 1.165) is 63.1 Å². The van der Waals surface area contributed by atoms with Gasteiger partial charge < -0.3 is 15.1 Å². The molecule has 0 aromatic carbocycles. The lowest BCUT2D eigenvalue weighted by Gasteiger charge is -2.32. The molecular formula is C19H30N8O. The van der Waals surface area contributed by atoms with E-state index >= 15 is 0 Å². The van der Waals surface area contributed by atoms with Crippen molar-refractivity contribution in [3.05, 3.63) is 18.0 Å². The molecule has 2 aromatic rings. The highest BCUT2D eigenvalue weighted by atomic mass is 16.1. The van der Waals surface area contributed by atoms with E-state index in [1.807, 2.05) is 12.1 Å². The summed E-state index contributed by atoms with van der Waals surface area (Å²) in [6.45, 7) is 8.04. The van der Waals surface area contributed by atoms with Crippen LogP contribution >= 0.6 is 0 Å². The third-order valence-corrected chi connectivity index (χ3v) is 5.67. The predicted octanol–water partition coefficient (Wildman–Crippen LogP) is 0.0207. The van der Waals surface area contributed by atoms with Gasteiger partial charge in [-0.1, -0.05) is 0 Å². The Bertz CT molecular complexity index is 792. The third-order valence-electron chi connectivity index (χ3n) is 5.67. The van der Waals surface area contributed by atoms with Crippen molar-refractivity contribution in [2.45, 2.75) is 25.7 Å². The van der Waals surface area contributed by atoms with Gasteiger partial charge in [0.15, 0.2) is 11.5 Å². The molecule has 1 amide bonds. The summed E-state index contributed by atoms with van der Waals surface area (Å²) in [5, 5.41) is 16.1. The number of hydrogen-bond acceptors (Lipinski definition) is 7. The summed E-state index contributed by atoms with van der Waals surface area (Å²) in [6.07, 6.45) is 3.36. The Hall–Kier alpha value is -2.26. The summed E-state index contributed by atoms with van der Waals surface area (Å²) in [4.78, 5) is 19.2. The van der Waals surface area contributed by atoms with Crippen LogP contribution in [-0.4, -0.2) is 94.9 Å². The van der Waals surface area contributed by atoms with Gasteiger partial charge in [-0.25, -0.2) is 0 Å². The first-order valence-corrected chi connectivity index (χ1v) is 10.3. The van der Waals surface area contributed by atoms with Crippen molar-refractivity contribution in [1.82, 2.24) is 34.9 Å². The van der Waals surface area contributed by atoms with Crippen LogP contribution in [0.1, 0.15) is 25.1 Å². The molecule has 1 N–H and O–H groups in total. The monoisotopic (exact) mass is 386 g/mol. The van der Waals surface area contributed by atoms with E-state index in [1.165, 1.54) is 12.8 Å². The zero-order chi connectivity index (χ0) is 19.3. The van der Waals surface area contributed by atoms with E-state index in [-0.39, 0.29) is 5.91 Å². The summed E-state index contributed by atoms with van der Waals surface area (Å²) >= 11 is 0. The van der Waals surface area contributed by atoms with E-state index in [1.54, 1.807) is 4.52 Å². The number of fused-ring (bicyclic) bond motifs is 1. The van der Waals surface area contributed by atoms with Crippen molar-refractivity contribution < 1.29 is 4.79 Å². The number of aryl methyl sites for hydroxylation is 1. The fraction of sp³-hybridized carbons (Fsp3) is 0.684. The Labute approximate surface area is 165 Å². The minimum Gasteiger partial charge on any atom is -0.355 e. The molecule has 0 unspecified atom stereocenters. The molecular weight excluding hydrogens is 356 g/mol. The summed E-state index contributed by atoms with van der Waals surface area (Å²) in [6, 6.07) is 3.96. The number of likely N-dealkylation sites (N-methyl/N-ethyl adjacent to an activating group) is 1. The number of rotatable bonds is 7. The third kappa shape index (κ3) is 4.59. The number of nitrogens with one attached hydrogen (secondary N) is 1. The van der Waals surface area contributed by atoms with Crippen LogP contribution in [0, 0.1) is 0 Å². The van der Waals surface area contributed by atoms with Crippen LogP contribution in [0.2, 0.25) is 0 Å². The topological polar surface area (TPSA) is 81.9 Å². The van der Waals surface area contributed by atoms with E-state index in [4.69, 9.17) is 5.10 Å². The van der Waals surface area contributed by atoms with E-state index < -0.39 is 0 Å². The molecule has 0 spiro atoms. The molecule has 2 fully saturated rings. The van der Waals surface area contributed by atoms with Gasteiger partial charge in [0.2, 0.25) is 5.91 Å². The molecule has 4 heterocycles. The first-order valence-electron chi connectivity index (χ1n) is 10.3. The Morgan fingerprint density at radius 2 is 1.86 bits per heavy atom. The fourth-order valence-electron chi connectivity index (χ4n) is 3.83. The molecule has 0 radical (unpaired) electrons. The van der Waals surface area contributed by atoms with Crippen molar-refractivity contribution in [2.75, 3.05) is 64.3 Å². The molecule has 152 valence electrons. The van der Waals surface area contributed by atoms with Gasteiger partial charge in [-0.2, -0.15) is 4.52 Å². The standard InChI is InChI=1S/C19H30N8O/c1-24-12-14-25(15-13-24)11-8-20-19(28)7-6-17-22-21-16-4-5-18(23-27(16)17)26-9-2-3-10-26/h4-5H,2-3,6-15H2,1H3,(H,20,28). The van der Waals surface area contributed by atoms with Crippen molar-refractivity contribution in [3.63, 3.8) is 0 Å². The van der Waals surface area contributed by atoms with Gasteiger partial charge in [-0.05, 0) is 32.0 Å². The van der Waals surface area contributed by atoms with Crippen LogP contribution in [0.15, 0.2) is 12.1 Å². The first kappa shape index (κ1) is 19.1. The van der Waals surface area contributed by atoms with Crippen molar-refractivity contribution in [2.24, 2.45) is 0 Å². The lowest BCUT2D eigenvalue weighted by molar-refractivity contribution is -0.121. The lowest BCUT2D eigenvalue weighted by Crippen LogP contribution is -2.46. The normalized spacial score (nSPS) is 18.8. The Kier molecular flexibility index (Phi) is 6.01. The largest absolute Gasteiger partial charge is 0.355 e. The minimum atomic E-state index is 0.0570. The molecule has 9 nitrogen and oxygen atoms in total. The van der Waals surface area contributed by atoms with Gasteiger partial charge in [0.1, 0.15) is 5.82 Å². The summed E-state index contributed by atoms with van der Waals surface area (Å²) in [5.41, 5.74) is 0.730. The highest BCUT2D eigenvalue weighted by molar-refractivity contribution is 5.76. The Morgan fingerprint density at radius 3 is 2.64 bits per heavy atom. The van der Waals surface area contributed by atoms with Crippen molar-refractivity contribution >= 4 is 17.4 Å². The van der Waals surface area contributed by atoms with Gasteiger partial charge in [-0.3, -0.25) is 9.69 Å². The van der Waals surface area contributed by atoms with Gasteiger partial charge in [0, 0.05) is 65.2 Å². The van der Waals surface area contributed by atoms with Gasteiger partial charge in [0.05, 0.1) is 0 Å². The second kappa shape index (κ2) is 8.83. The molecule has 2 aliphatic rings. The second-order valence-corrected chi connectivity index (χ2v) is 7.77. The van der Waals surface area contributed by atoms with Crippen LogP contribution in [0.5, 0.6) is 0 Å². The molecule has 2 aromatic heterocycles. The first-order chi connectivity index (χ1) is 13.7. The molecule has 28 heavy (non-hydrogen) atoms. The summed E-state index contributed by atoms with van der Waals surface area (Å²) in [7, 11) is 2.15. The van der Waals surface area contributed by atoms with E-state index in [0.29, 0.717) is 19.4 Å². The van der Waals surface area contributed by atoms with Crippen LogP contribution < -0.4 is 10.2 Å². The molecule has 0 aliphatic carbocycles. The number of carbonyl (C=O) groups excluding carboxylic acids is 1. The van der Waals surface area contributed by atoms with Crippen LogP contribution in [-0.2, 0) is 11.2 Å². The summed E-state index contributed by atoms with van der Waals surface area (Å²) in [5.74, 6) is 1.76. The number of piperazine rings is 1. The molecule has 9 heteroatoms. The van der Waals surface area contributed by atoms with E-state index in [2.05, 4.69) is 37.3 Å². The highest BCUT2D eigenvalue weighted by Crippen LogP contribution is 2.18. The molecule has 2 saturated heterocycles. The molecule has 0 bridgehead atoms. The summed E-state index contributed by atoms with van der Waals surface area (Å²) < 4.78 is 1.78. The Morgan fingerprint density at radius 1 is 1.07 bits per heavy atom. The zero-order valence-corrected chi connectivity index (χ0v) is 16.7. The maximum absolute atomic E-state index is 12.2. The molecule has 0 saturated carbocycles. The number of nitrogens with zero attached hydrogens (tertiary/aromatic N) is 7. The average Bonchev–Trinajstić information content (AvgIpc) is 3.37. The van der Waals surface area contributed by atoms with Gasteiger partial charge in [0.25, 0.3) is 0 Å². The number of hydrogen-bond donors (Lipinski definition) is 1. The SMILES string of the molecule is CN1CCN(CCNC(=O)CCc2nnc3ccc(N4CCCC4)nn23)CC1. The van der Waals surface area contributed by atoms with Gasteiger partial charge >= 0.3 is 0 Å². The van der Waals surface area contributed by atoms with Crippen LogP contribution in [0.3, 0.4) is 0 Å². The number of aromatic nitrogens is 4. The molecule has 0 atom stereocenters. The maximum Gasteiger partial charge on any atom is 0.220 e. The highest BCUT2D eigenvalue weighted by Gasteiger charge is 2.17. The minimum absolute atomic E-state index is 0.0570. The smallest absolute Gasteiger partial charge is 0.220 e. The number of anilines is 1. The maximum atomic E-state index is 12.2. The lowest BCUT2D eigenvalue weighted by atomic mass is 10.3. The molecule has 4 rings (SSSR count). The van der Waals surface area contributed by atoms with E-state index in [9.17, 15) is 4.79 Å². The van der Waals surface area contributed by atoms with Gasteiger partial charge in [-0.15, -0.1) is 15.3 Å².